The zero-order chi connectivity index (χ0) is 25.6. The topological polar surface area (TPSA) is 59.0 Å². The number of nitrogens with zero attached hydrogens (tertiary/aromatic N) is 1. The summed E-state index contributed by atoms with van der Waals surface area (Å²) in [6.07, 6.45) is 9.64. The molecule has 5 nitrogen and oxygen atoms in total. The van der Waals surface area contributed by atoms with Gasteiger partial charge in [0.15, 0.2) is 5.79 Å². The largest absolute Gasteiger partial charge is 0.385 e. The molecule has 1 unspecified atom stereocenters. The quantitative estimate of drug-likeness (QED) is 0.531. The summed E-state index contributed by atoms with van der Waals surface area (Å²) < 4.78 is 25.8. The van der Waals surface area contributed by atoms with Gasteiger partial charge < -0.3 is 19.5 Å². The van der Waals surface area contributed by atoms with Crippen molar-refractivity contribution in [3.8, 4) is 0 Å². The number of hydrogen-bond acceptors (Lipinski definition) is 5. The van der Waals surface area contributed by atoms with E-state index < -0.39 is 22.2 Å². The Morgan fingerprint density at radius 1 is 1.03 bits per heavy atom. The van der Waals surface area contributed by atoms with Crippen molar-refractivity contribution in [2.75, 3.05) is 38.0 Å². The molecule has 37 heavy (non-hydrogen) atoms. The predicted molar refractivity (Wildman–Crippen MR) is 147 cm³/mol. The number of hydrogen-bond donors (Lipinski definition) is 1. The first-order valence-corrected chi connectivity index (χ1v) is 15.9. The molecule has 202 valence electrons. The molecule has 1 aromatic rings. The van der Waals surface area contributed by atoms with Crippen LogP contribution in [0.25, 0.3) is 0 Å². The highest BCUT2D eigenvalue weighted by atomic mass is 32.2. The summed E-state index contributed by atoms with van der Waals surface area (Å²) in [4.78, 5) is 2.15. The fraction of sp³-hybridized carbons (Fsp3) is 0.742. The summed E-state index contributed by atoms with van der Waals surface area (Å²) in [7, 11) is 3.44. The summed E-state index contributed by atoms with van der Waals surface area (Å²) in [5.74, 6) is 1.59. The molecule has 2 spiro atoms. The highest BCUT2D eigenvalue weighted by molar-refractivity contribution is 7.86. The Balaban J connectivity index is 1.36. The molecule has 6 heteroatoms. The Morgan fingerprint density at radius 3 is 2.46 bits per heavy atom. The molecule has 7 rings (SSSR count). The van der Waals surface area contributed by atoms with Gasteiger partial charge in [-0.3, -0.25) is 4.21 Å². The van der Waals surface area contributed by atoms with Crippen molar-refractivity contribution < 1.29 is 18.8 Å². The molecule has 2 heterocycles. The third kappa shape index (κ3) is 3.41. The van der Waals surface area contributed by atoms with Gasteiger partial charge in [0, 0.05) is 55.1 Å². The van der Waals surface area contributed by atoms with Gasteiger partial charge in [0.25, 0.3) is 0 Å². The Morgan fingerprint density at radius 2 is 1.78 bits per heavy atom. The highest BCUT2D eigenvalue weighted by Crippen LogP contribution is 2.70. The van der Waals surface area contributed by atoms with Gasteiger partial charge in [-0.1, -0.05) is 24.6 Å². The zero-order valence-corrected chi connectivity index (χ0v) is 23.6. The summed E-state index contributed by atoms with van der Waals surface area (Å²) in [5.41, 5.74) is 4.64. The molecule has 1 aromatic carbocycles. The molecule has 3 saturated carbocycles. The maximum Gasteiger partial charge on any atom is 0.171 e. The second kappa shape index (κ2) is 8.39. The lowest BCUT2D eigenvalue weighted by molar-refractivity contribution is -0.208. The Bertz CT molecular complexity index is 1140. The van der Waals surface area contributed by atoms with E-state index >= 15 is 0 Å². The first-order valence-electron chi connectivity index (χ1n) is 14.6. The molecule has 4 aliphatic carbocycles. The molecule has 0 bridgehead atoms. The van der Waals surface area contributed by atoms with Crippen molar-refractivity contribution in [2.45, 2.75) is 93.2 Å². The van der Waals surface area contributed by atoms with Crippen LogP contribution in [0.1, 0.15) is 82.6 Å². The smallest absolute Gasteiger partial charge is 0.171 e. The van der Waals surface area contributed by atoms with Crippen LogP contribution < -0.4 is 4.90 Å². The van der Waals surface area contributed by atoms with E-state index in [1.807, 2.05) is 0 Å². The summed E-state index contributed by atoms with van der Waals surface area (Å²) in [5, 5.41) is 12.2. The standard InChI is InChI=1S/C31H43NO4S/c1-28-19-24(21-5-7-22(8-6-21)32(2)3)27-23(25(28)10-14-30(28)12-4-18-37(30)34)9-13-29(33)20-31(15-11-26(27)29)35-16-17-36-31/h5-8,23-25,33H,4,9-20H2,1-3H3/t23-,24+,25-,28-,29+,30-,37?/m0/s1. The number of anilines is 1. The van der Waals surface area contributed by atoms with Crippen LogP contribution >= 0.6 is 0 Å². The number of fused-ring (bicyclic) bond motifs is 5. The van der Waals surface area contributed by atoms with E-state index in [0.717, 1.165) is 57.1 Å². The summed E-state index contributed by atoms with van der Waals surface area (Å²) >= 11 is 0. The van der Waals surface area contributed by atoms with Gasteiger partial charge in [-0.05, 0) is 91.9 Å². The number of allylic oxidation sites excluding steroid dienone is 1. The molecule has 2 aliphatic heterocycles. The van der Waals surface area contributed by atoms with E-state index in [1.54, 1.807) is 0 Å². The van der Waals surface area contributed by atoms with Gasteiger partial charge in [-0.2, -0.15) is 0 Å². The molecule has 2 saturated heterocycles. The fourth-order valence-corrected chi connectivity index (χ4v) is 12.2. The molecule has 0 radical (unpaired) electrons. The summed E-state index contributed by atoms with van der Waals surface area (Å²) in [6, 6.07) is 9.13. The van der Waals surface area contributed by atoms with Gasteiger partial charge in [-0.15, -0.1) is 0 Å². The summed E-state index contributed by atoms with van der Waals surface area (Å²) in [6.45, 7) is 3.77. The van der Waals surface area contributed by atoms with Crippen LogP contribution in [-0.4, -0.2) is 58.5 Å². The van der Waals surface area contributed by atoms with E-state index in [4.69, 9.17) is 9.47 Å². The van der Waals surface area contributed by atoms with Crippen LogP contribution in [0.15, 0.2) is 35.4 Å². The molecule has 0 aromatic heterocycles. The molecule has 1 N–H and O–H groups in total. The average molecular weight is 526 g/mol. The molecular formula is C31H43NO4S. The minimum Gasteiger partial charge on any atom is -0.385 e. The van der Waals surface area contributed by atoms with Crippen molar-refractivity contribution in [1.29, 1.82) is 0 Å². The normalized spacial score (nSPS) is 44.2. The van der Waals surface area contributed by atoms with E-state index in [1.165, 1.54) is 28.8 Å². The van der Waals surface area contributed by atoms with Crippen LogP contribution in [0, 0.1) is 17.3 Å². The maximum absolute atomic E-state index is 13.6. The highest BCUT2D eigenvalue weighted by Gasteiger charge is 2.67. The zero-order valence-electron chi connectivity index (χ0n) is 22.8. The molecule has 6 aliphatic rings. The molecular weight excluding hydrogens is 482 g/mol. The lowest BCUT2D eigenvalue weighted by Gasteiger charge is -2.58. The van der Waals surface area contributed by atoms with Crippen molar-refractivity contribution in [3.63, 3.8) is 0 Å². The minimum atomic E-state index is -0.837. The van der Waals surface area contributed by atoms with Gasteiger partial charge >= 0.3 is 0 Å². The van der Waals surface area contributed by atoms with Crippen LogP contribution in [0.3, 0.4) is 0 Å². The molecule has 0 amide bonds. The third-order valence-electron chi connectivity index (χ3n) is 11.7. The number of benzene rings is 1. The van der Waals surface area contributed by atoms with E-state index in [9.17, 15) is 9.32 Å². The Hall–Kier alpha value is -1.21. The van der Waals surface area contributed by atoms with Gasteiger partial charge in [0.2, 0.25) is 0 Å². The number of aliphatic hydroxyl groups is 1. The SMILES string of the molecule is CN(C)c1ccc([C@H]2C[C@@]3(C)[C@@H](CC[C@@]34CCCS4=O)[C@@H]3CC[C@@]4(O)CC5(CCC4=C32)OCCO5)cc1. The van der Waals surface area contributed by atoms with E-state index in [2.05, 4.69) is 50.2 Å². The second-order valence-electron chi connectivity index (χ2n) is 13.3. The van der Waals surface area contributed by atoms with Crippen molar-refractivity contribution in [3.05, 3.63) is 41.0 Å². The fourth-order valence-electron chi connectivity index (χ4n) is 9.98. The van der Waals surface area contributed by atoms with Crippen LogP contribution in [0.4, 0.5) is 5.69 Å². The van der Waals surface area contributed by atoms with Crippen LogP contribution in [0.5, 0.6) is 0 Å². The van der Waals surface area contributed by atoms with Crippen LogP contribution in [-0.2, 0) is 20.3 Å². The van der Waals surface area contributed by atoms with E-state index in [0.29, 0.717) is 31.5 Å². The Kier molecular flexibility index (Phi) is 5.63. The van der Waals surface area contributed by atoms with Crippen molar-refractivity contribution in [1.82, 2.24) is 0 Å². The van der Waals surface area contributed by atoms with Crippen molar-refractivity contribution in [2.24, 2.45) is 17.3 Å². The maximum atomic E-state index is 13.6. The second-order valence-corrected chi connectivity index (χ2v) is 15.2. The molecule has 5 fully saturated rings. The Labute approximate surface area is 224 Å². The lowest BCUT2D eigenvalue weighted by atomic mass is 9.50. The van der Waals surface area contributed by atoms with Crippen molar-refractivity contribution >= 4 is 16.5 Å². The molecule has 7 atom stereocenters. The predicted octanol–water partition coefficient (Wildman–Crippen LogP) is 5.30. The number of ether oxygens (including phenoxy) is 2. The number of rotatable bonds is 2. The van der Waals surface area contributed by atoms with Crippen LogP contribution in [0.2, 0.25) is 0 Å². The van der Waals surface area contributed by atoms with E-state index in [-0.39, 0.29) is 16.1 Å². The minimum absolute atomic E-state index is 0.0222. The first-order chi connectivity index (χ1) is 17.7. The monoisotopic (exact) mass is 525 g/mol. The van der Waals surface area contributed by atoms with Gasteiger partial charge in [0.05, 0.1) is 23.6 Å². The average Bonchev–Trinajstić information content (AvgIpc) is 3.57. The first kappa shape index (κ1) is 24.8. The lowest BCUT2D eigenvalue weighted by Crippen LogP contribution is -2.55. The van der Waals surface area contributed by atoms with Gasteiger partial charge in [0.1, 0.15) is 0 Å². The third-order valence-corrected chi connectivity index (χ3v) is 14.1. The van der Waals surface area contributed by atoms with Gasteiger partial charge in [-0.25, -0.2) is 0 Å².